The molecule has 0 unspecified atom stereocenters. The van der Waals surface area contributed by atoms with Gasteiger partial charge in [-0.3, -0.25) is 19.2 Å². The topological polar surface area (TPSA) is 140 Å². The summed E-state index contributed by atoms with van der Waals surface area (Å²) < 4.78 is 10.1. The number of hydrogen-bond donors (Lipinski definition) is 3. The van der Waals surface area contributed by atoms with E-state index in [1.807, 2.05) is 0 Å². The van der Waals surface area contributed by atoms with E-state index in [0.717, 1.165) is 19.3 Å². The lowest BCUT2D eigenvalue weighted by Gasteiger charge is -2.09. The first-order chi connectivity index (χ1) is 17.3. The zero-order valence-electron chi connectivity index (χ0n) is 20.4. The summed E-state index contributed by atoms with van der Waals surface area (Å²) in [6.07, 6.45) is 2.52. The van der Waals surface area contributed by atoms with Gasteiger partial charge in [-0.1, -0.05) is 19.8 Å². The third kappa shape index (κ3) is 10.8. The summed E-state index contributed by atoms with van der Waals surface area (Å²) >= 11 is 0. The molecule has 0 spiro atoms. The van der Waals surface area contributed by atoms with Gasteiger partial charge in [-0.2, -0.15) is 0 Å². The highest BCUT2D eigenvalue weighted by Gasteiger charge is 2.12. The van der Waals surface area contributed by atoms with Gasteiger partial charge in [0.15, 0.2) is 6.61 Å². The van der Waals surface area contributed by atoms with Crippen LogP contribution in [0.15, 0.2) is 48.5 Å². The fourth-order valence-electron chi connectivity index (χ4n) is 2.98. The van der Waals surface area contributed by atoms with Crippen LogP contribution in [-0.2, 0) is 28.7 Å². The normalized spacial score (nSPS) is 10.2. The maximum absolute atomic E-state index is 12.1. The molecular formula is C26H31N3O7. The smallest absolute Gasteiger partial charge is 0.338 e. The van der Waals surface area contributed by atoms with Gasteiger partial charge in [-0.25, -0.2) is 4.79 Å². The molecule has 3 N–H and O–H groups in total. The highest BCUT2D eigenvalue weighted by atomic mass is 16.5. The van der Waals surface area contributed by atoms with E-state index in [0.29, 0.717) is 29.2 Å². The van der Waals surface area contributed by atoms with Crippen molar-refractivity contribution < 1.29 is 33.4 Å². The minimum Gasteiger partial charge on any atom is -0.462 e. The van der Waals surface area contributed by atoms with Crippen molar-refractivity contribution in [2.45, 2.75) is 46.0 Å². The van der Waals surface area contributed by atoms with Crippen molar-refractivity contribution in [3.63, 3.8) is 0 Å². The second kappa shape index (κ2) is 14.9. The highest BCUT2D eigenvalue weighted by Crippen LogP contribution is 2.14. The first kappa shape index (κ1) is 28.0. The van der Waals surface area contributed by atoms with E-state index < -0.39 is 30.4 Å². The molecule has 10 nitrogen and oxygen atoms in total. The lowest BCUT2D eigenvalue weighted by Crippen LogP contribution is -2.21. The fourth-order valence-corrected chi connectivity index (χ4v) is 2.98. The van der Waals surface area contributed by atoms with Gasteiger partial charge < -0.3 is 25.4 Å². The van der Waals surface area contributed by atoms with Crippen LogP contribution in [0, 0.1) is 0 Å². The molecular weight excluding hydrogens is 466 g/mol. The van der Waals surface area contributed by atoms with Crippen LogP contribution in [-0.4, -0.2) is 42.9 Å². The van der Waals surface area contributed by atoms with Crippen molar-refractivity contribution in [3.05, 3.63) is 54.1 Å². The number of hydrogen-bond acceptors (Lipinski definition) is 7. The largest absolute Gasteiger partial charge is 0.462 e. The zero-order chi connectivity index (χ0) is 26.3. The molecule has 0 aliphatic rings. The van der Waals surface area contributed by atoms with Crippen LogP contribution in [0.4, 0.5) is 17.1 Å². The molecule has 2 aromatic rings. The molecule has 192 valence electrons. The van der Waals surface area contributed by atoms with Crippen molar-refractivity contribution in [2.75, 3.05) is 29.2 Å². The Labute approximate surface area is 209 Å². The van der Waals surface area contributed by atoms with Gasteiger partial charge >= 0.3 is 11.9 Å². The van der Waals surface area contributed by atoms with E-state index in [4.69, 9.17) is 9.47 Å². The molecule has 3 amide bonds. The van der Waals surface area contributed by atoms with Gasteiger partial charge in [0.2, 0.25) is 11.8 Å². The predicted molar refractivity (Wildman–Crippen MR) is 134 cm³/mol. The SMILES string of the molecule is CCCCCOC(=O)c1ccc(NC(=O)CCC(=O)OCC(=O)Nc2ccc(NC(C)=O)cc2)cc1. The number of unbranched alkanes of at least 4 members (excludes halogenated alkanes) is 2. The number of rotatable bonds is 13. The molecule has 2 rings (SSSR count). The molecule has 0 aliphatic heterocycles. The summed E-state index contributed by atoms with van der Waals surface area (Å²) in [4.78, 5) is 58.9. The van der Waals surface area contributed by atoms with Crippen LogP contribution in [0.2, 0.25) is 0 Å². The van der Waals surface area contributed by atoms with Crippen LogP contribution in [0.5, 0.6) is 0 Å². The van der Waals surface area contributed by atoms with Gasteiger partial charge in [0.25, 0.3) is 5.91 Å². The van der Waals surface area contributed by atoms with Crippen molar-refractivity contribution >= 4 is 46.7 Å². The minimum absolute atomic E-state index is 0.133. The number of amides is 3. The van der Waals surface area contributed by atoms with E-state index in [1.165, 1.54) is 6.92 Å². The van der Waals surface area contributed by atoms with Crippen LogP contribution in [0.25, 0.3) is 0 Å². The van der Waals surface area contributed by atoms with Gasteiger partial charge in [0, 0.05) is 30.4 Å². The van der Waals surface area contributed by atoms with E-state index in [9.17, 15) is 24.0 Å². The molecule has 2 aromatic carbocycles. The second-order valence-corrected chi connectivity index (χ2v) is 7.94. The summed E-state index contributed by atoms with van der Waals surface area (Å²) in [5, 5.41) is 7.80. The number of benzene rings is 2. The number of anilines is 3. The Balaban J connectivity index is 1.66. The van der Waals surface area contributed by atoms with Crippen LogP contribution in [0.1, 0.15) is 56.3 Å². The third-order valence-corrected chi connectivity index (χ3v) is 4.79. The quantitative estimate of drug-likeness (QED) is 0.282. The van der Waals surface area contributed by atoms with E-state index >= 15 is 0 Å². The van der Waals surface area contributed by atoms with Gasteiger partial charge in [-0.15, -0.1) is 0 Å². The first-order valence-electron chi connectivity index (χ1n) is 11.7. The molecule has 0 aromatic heterocycles. The Morgan fingerprint density at radius 3 is 1.83 bits per heavy atom. The summed E-state index contributed by atoms with van der Waals surface area (Å²) in [5.74, 6) is -2.27. The molecule has 0 aliphatic carbocycles. The molecule has 0 radical (unpaired) electrons. The van der Waals surface area contributed by atoms with Crippen molar-refractivity contribution in [2.24, 2.45) is 0 Å². The Hall–Kier alpha value is -4.21. The lowest BCUT2D eigenvalue weighted by atomic mass is 10.2. The molecule has 0 heterocycles. The Bertz CT molecular complexity index is 1050. The number of esters is 2. The predicted octanol–water partition coefficient (Wildman–Crippen LogP) is 3.89. The van der Waals surface area contributed by atoms with Gasteiger partial charge in [-0.05, 0) is 55.0 Å². The maximum Gasteiger partial charge on any atom is 0.338 e. The Kier molecular flexibility index (Phi) is 11.6. The lowest BCUT2D eigenvalue weighted by molar-refractivity contribution is -0.147. The minimum atomic E-state index is -0.692. The third-order valence-electron chi connectivity index (χ3n) is 4.79. The number of carbonyl (C=O) groups is 5. The average molecular weight is 498 g/mol. The van der Waals surface area contributed by atoms with E-state index in [2.05, 4.69) is 22.9 Å². The number of carbonyl (C=O) groups excluding carboxylic acids is 5. The van der Waals surface area contributed by atoms with Crippen molar-refractivity contribution in [1.82, 2.24) is 0 Å². The van der Waals surface area contributed by atoms with Gasteiger partial charge in [0.05, 0.1) is 18.6 Å². The molecule has 0 saturated heterocycles. The highest BCUT2D eigenvalue weighted by molar-refractivity contribution is 5.95. The van der Waals surface area contributed by atoms with Crippen LogP contribution in [0.3, 0.4) is 0 Å². The monoisotopic (exact) mass is 497 g/mol. The first-order valence-corrected chi connectivity index (χ1v) is 11.7. The average Bonchev–Trinajstić information content (AvgIpc) is 2.85. The molecule has 0 atom stereocenters. The molecule has 0 saturated carbocycles. The van der Waals surface area contributed by atoms with Crippen LogP contribution < -0.4 is 16.0 Å². The van der Waals surface area contributed by atoms with Gasteiger partial charge in [0.1, 0.15) is 0 Å². The number of nitrogens with one attached hydrogen (secondary N) is 3. The maximum atomic E-state index is 12.1. The summed E-state index contributed by atoms with van der Waals surface area (Å²) in [7, 11) is 0. The summed E-state index contributed by atoms with van der Waals surface area (Å²) in [6, 6.07) is 12.7. The molecule has 0 fully saturated rings. The molecule has 10 heteroatoms. The van der Waals surface area contributed by atoms with Crippen molar-refractivity contribution in [1.29, 1.82) is 0 Å². The zero-order valence-corrected chi connectivity index (χ0v) is 20.4. The standard InChI is InChI=1S/C26H31N3O7/c1-3-4-5-16-35-26(34)19-6-8-21(9-7-19)28-23(31)14-15-25(33)36-17-24(32)29-22-12-10-20(11-13-22)27-18(2)30/h6-13H,3-5,14-17H2,1-2H3,(H,27,30)(H,28,31)(H,29,32). The Morgan fingerprint density at radius 1 is 0.694 bits per heavy atom. The van der Waals surface area contributed by atoms with Crippen LogP contribution >= 0.6 is 0 Å². The van der Waals surface area contributed by atoms with Crippen molar-refractivity contribution in [3.8, 4) is 0 Å². The fraction of sp³-hybridized carbons (Fsp3) is 0.346. The molecule has 0 bridgehead atoms. The summed E-state index contributed by atoms with van der Waals surface area (Å²) in [5.41, 5.74) is 1.91. The van der Waals surface area contributed by atoms with E-state index in [-0.39, 0.29) is 18.7 Å². The van der Waals surface area contributed by atoms with E-state index in [1.54, 1.807) is 48.5 Å². The summed E-state index contributed by atoms with van der Waals surface area (Å²) in [6.45, 7) is 3.33. The second-order valence-electron chi connectivity index (χ2n) is 7.94. The number of ether oxygens (including phenoxy) is 2. The molecule has 36 heavy (non-hydrogen) atoms. The Morgan fingerprint density at radius 2 is 1.25 bits per heavy atom.